The molecule has 1 atom stereocenters. The number of nitrogens with zero attached hydrogens (tertiary/aromatic N) is 2. The molecule has 1 aliphatic carbocycles. The molecule has 0 aromatic carbocycles. The maximum absolute atomic E-state index is 12.7. The number of hydrogen-bond donors (Lipinski definition) is 1. The zero-order valence-corrected chi connectivity index (χ0v) is 12.6. The third-order valence-corrected chi connectivity index (χ3v) is 5.81. The standard InChI is InChI=1S/C16H29N3O/c17-13-16(6-2-1-3-7-16)11-15(20)19-10-9-18-8-4-5-14(18)12-19/h14H,1-13,17H2. The molecule has 0 aromatic rings. The average molecular weight is 279 g/mol. The lowest BCUT2D eigenvalue weighted by molar-refractivity contribution is -0.136. The highest BCUT2D eigenvalue weighted by molar-refractivity contribution is 5.77. The number of hydrogen-bond acceptors (Lipinski definition) is 3. The van der Waals surface area contributed by atoms with Crippen molar-refractivity contribution in [3.8, 4) is 0 Å². The van der Waals surface area contributed by atoms with E-state index in [9.17, 15) is 4.79 Å². The molecule has 1 amide bonds. The lowest BCUT2D eigenvalue weighted by Gasteiger charge is -2.41. The van der Waals surface area contributed by atoms with Gasteiger partial charge in [0.05, 0.1) is 0 Å². The number of carbonyl (C=O) groups excluding carboxylic acids is 1. The summed E-state index contributed by atoms with van der Waals surface area (Å²) in [6.07, 6.45) is 9.39. The van der Waals surface area contributed by atoms with E-state index < -0.39 is 0 Å². The van der Waals surface area contributed by atoms with Gasteiger partial charge in [-0.15, -0.1) is 0 Å². The molecule has 3 rings (SSSR count). The van der Waals surface area contributed by atoms with Crippen LogP contribution in [0, 0.1) is 5.41 Å². The Hall–Kier alpha value is -0.610. The van der Waals surface area contributed by atoms with Crippen molar-refractivity contribution < 1.29 is 4.79 Å². The Morgan fingerprint density at radius 1 is 1.10 bits per heavy atom. The molecule has 0 spiro atoms. The second-order valence-electron chi connectivity index (χ2n) is 7.11. The van der Waals surface area contributed by atoms with Crippen LogP contribution in [0.3, 0.4) is 0 Å². The van der Waals surface area contributed by atoms with Crippen LogP contribution in [0.4, 0.5) is 0 Å². The Morgan fingerprint density at radius 3 is 2.65 bits per heavy atom. The molecular weight excluding hydrogens is 250 g/mol. The molecule has 1 saturated carbocycles. The van der Waals surface area contributed by atoms with Gasteiger partial charge in [-0.1, -0.05) is 19.3 Å². The Balaban J connectivity index is 1.58. The van der Waals surface area contributed by atoms with Gasteiger partial charge in [-0.3, -0.25) is 9.69 Å². The topological polar surface area (TPSA) is 49.6 Å². The molecule has 114 valence electrons. The van der Waals surface area contributed by atoms with Crippen molar-refractivity contribution in [3.05, 3.63) is 0 Å². The van der Waals surface area contributed by atoms with E-state index in [0.717, 1.165) is 32.5 Å². The van der Waals surface area contributed by atoms with Crippen molar-refractivity contribution >= 4 is 5.91 Å². The van der Waals surface area contributed by atoms with Gasteiger partial charge in [0.1, 0.15) is 0 Å². The summed E-state index contributed by atoms with van der Waals surface area (Å²) in [6.45, 7) is 4.88. The molecule has 2 aliphatic heterocycles. The van der Waals surface area contributed by atoms with Gasteiger partial charge in [-0.25, -0.2) is 0 Å². The third kappa shape index (κ3) is 2.86. The molecule has 2 heterocycles. The fraction of sp³-hybridized carbons (Fsp3) is 0.938. The van der Waals surface area contributed by atoms with E-state index in [0.29, 0.717) is 24.9 Å². The average Bonchev–Trinajstić information content (AvgIpc) is 2.95. The summed E-state index contributed by atoms with van der Waals surface area (Å²) in [6, 6.07) is 0.632. The Morgan fingerprint density at radius 2 is 1.90 bits per heavy atom. The number of nitrogens with two attached hydrogens (primary N) is 1. The van der Waals surface area contributed by atoms with Gasteiger partial charge in [0, 0.05) is 32.1 Å². The van der Waals surface area contributed by atoms with E-state index in [1.54, 1.807) is 0 Å². The second kappa shape index (κ2) is 6.02. The van der Waals surface area contributed by atoms with Gasteiger partial charge in [-0.2, -0.15) is 0 Å². The van der Waals surface area contributed by atoms with Crippen molar-refractivity contribution in [1.82, 2.24) is 9.80 Å². The van der Waals surface area contributed by atoms with E-state index in [4.69, 9.17) is 5.73 Å². The first kappa shape index (κ1) is 14.3. The van der Waals surface area contributed by atoms with Crippen LogP contribution in [0.5, 0.6) is 0 Å². The fourth-order valence-electron chi connectivity index (χ4n) is 4.41. The SMILES string of the molecule is NCC1(CC(=O)N2CCN3CCCC3C2)CCCCC1. The van der Waals surface area contributed by atoms with E-state index in [-0.39, 0.29) is 5.41 Å². The van der Waals surface area contributed by atoms with Crippen LogP contribution >= 0.6 is 0 Å². The van der Waals surface area contributed by atoms with Crippen LogP contribution in [0.2, 0.25) is 0 Å². The molecule has 2 N–H and O–H groups in total. The fourth-order valence-corrected chi connectivity index (χ4v) is 4.41. The largest absolute Gasteiger partial charge is 0.340 e. The predicted octanol–water partition coefficient (Wildman–Crippen LogP) is 1.59. The molecule has 3 aliphatic rings. The van der Waals surface area contributed by atoms with Crippen LogP contribution in [-0.4, -0.2) is 54.5 Å². The number of fused-ring (bicyclic) bond motifs is 1. The molecule has 0 aromatic heterocycles. The molecule has 0 bridgehead atoms. The summed E-state index contributed by atoms with van der Waals surface area (Å²) < 4.78 is 0. The van der Waals surface area contributed by atoms with Crippen LogP contribution in [0.15, 0.2) is 0 Å². The lowest BCUT2D eigenvalue weighted by Crippen LogP contribution is -2.53. The van der Waals surface area contributed by atoms with Crippen molar-refractivity contribution in [3.63, 3.8) is 0 Å². The molecular formula is C16H29N3O. The predicted molar refractivity (Wildman–Crippen MR) is 80.4 cm³/mol. The van der Waals surface area contributed by atoms with Crippen molar-refractivity contribution in [2.75, 3.05) is 32.7 Å². The van der Waals surface area contributed by atoms with Crippen LogP contribution in [0.25, 0.3) is 0 Å². The van der Waals surface area contributed by atoms with Crippen molar-refractivity contribution in [1.29, 1.82) is 0 Å². The molecule has 1 unspecified atom stereocenters. The molecule has 2 saturated heterocycles. The molecule has 3 fully saturated rings. The molecule has 4 nitrogen and oxygen atoms in total. The summed E-state index contributed by atoms with van der Waals surface area (Å²) in [5.41, 5.74) is 6.14. The first-order chi connectivity index (χ1) is 9.72. The maximum Gasteiger partial charge on any atom is 0.223 e. The summed E-state index contributed by atoms with van der Waals surface area (Å²) in [5, 5.41) is 0. The van der Waals surface area contributed by atoms with Crippen LogP contribution in [0.1, 0.15) is 51.4 Å². The normalized spacial score (nSPS) is 30.2. The highest BCUT2D eigenvalue weighted by atomic mass is 16.2. The highest BCUT2D eigenvalue weighted by Crippen LogP contribution is 2.39. The number of piperazine rings is 1. The Bertz CT molecular complexity index is 352. The van der Waals surface area contributed by atoms with Gasteiger partial charge < -0.3 is 10.6 Å². The summed E-state index contributed by atoms with van der Waals surface area (Å²) >= 11 is 0. The smallest absolute Gasteiger partial charge is 0.223 e. The van der Waals surface area contributed by atoms with Gasteiger partial charge in [-0.05, 0) is 44.2 Å². The first-order valence-corrected chi connectivity index (χ1v) is 8.44. The molecule has 4 heteroatoms. The van der Waals surface area contributed by atoms with Crippen LogP contribution < -0.4 is 5.73 Å². The summed E-state index contributed by atoms with van der Waals surface area (Å²) in [5.74, 6) is 0.365. The van der Waals surface area contributed by atoms with E-state index >= 15 is 0 Å². The van der Waals surface area contributed by atoms with Gasteiger partial charge in [0.15, 0.2) is 0 Å². The van der Waals surface area contributed by atoms with Crippen molar-refractivity contribution in [2.24, 2.45) is 11.1 Å². The Kier molecular flexibility index (Phi) is 4.32. The second-order valence-corrected chi connectivity index (χ2v) is 7.11. The Labute approximate surface area is 122 Å². The number of amides is 1. The first-order valence-electron chi connectivity index (χ1n) is 8.44. The minimum atomic E-state index is 0.113. The van der Waals surface area contributed by atoms with Gasteiger partial charge in [0.25, 0.3) is 0 Å². The van der Waals surface area contributed by atoms with Crippen LogP contribution in [-0.2, 0) is 4.79 Å². The summed E-state index contributed by atoms with van der Waals surface area (Å²) in [4.78, 5) is 17.4. The van der Waals surface area contributed by atoms with E-state index in [1.165, 1.54) is 38.6 Å². The highest BCUT2D eigenvalue weighted by Gasteiger charge is 2.37. The summed E-state index contributed by atoms with van der Waals surface area (Å²) in [7, 11) is 0. The van der Waals surface area contributed by atoms with E-state index in [1.807, 2.05) is 0 Å². The van der Waals surface area contributed by atoms with Gasteiger partial charge >= 0.3 is 0 Å². The van der Waals surface area contributed by atoms with Crippen molar-refractivity contribution in [2.45, 2.75) is 57.4 Å². The third-order valence-electron chi connectivity index (χ3n) is 5.81. The zero-order chi connectivity index (χ0) is 14.0. The zero-order valence-electron chi connectivity index (χ0n) is 12.6. The lowest BCUT2D eigenvalue weighted by atomic mass is 9.71. The van der Waals surface area contributed by atoms with Gasteiger partial charge in [0.2, 0.25) is 5.91 Å². The number of rotatable bonds is 3. The number of carbonyl (C=O) groups is 1. The quantitative estimate of drug-likeness (QED) is 0.853. The molecule has 20 heavy (non-hydrogen) atoms. The maximum atomic E-state index is 12.7. The monoisotopic (exact) mass is 279 g/mol. The minimum Gasteiger partial charge on any atom is -0.340 e. The molecule has 0 radical (unpaired) electrons. The minimum absolute atomic E-state index is 0.113. The van der Waals surface area contributed by atoms with E-state index in [2.05, 4.69) is 9.80 Å².